The van der Waals surface area contributed by atoms with Gasteiger partial charge in [-0.1, -0.05) is 29.8 Å². The molecule has 1 aliphatic rings. The lowest BCUT2D eigenvalue weighted by atomic mass is 9.81. The van der Waals surface area contributed by atoms with Crippen LogP contribution < -0.4 is 11.5 Å². The Morgan fingerprint density at radius 2 is 1.97 bits per heavy atom. The van der Waals surface area contributed by atoms with Gasteiger partial charge in [0.25, 0.3) is 0 Å². The van der Waals surface area contributed by atoms with Crippen LogP contribution in [-0.4, -0.2) is 25.8 Å². The van der Waals surface area contributed by atoms with Crippen molar-refractivity contribution in [1.29, 1.82) is 0 Å². The lowest BCUT2D eigenvalue weighted by Crippen LogP contribution is -2.51. The third kappa shape index (κ3) is 3.57. The Morgan fingerprint density at radius 1 is 1.17 bits per heavy atom. The maximum absolute atomic E-state index is 14.2. The second-order valence-electron chi connectivity index (χ2n) is 6.86. The second kappa shape index (κ2) is 7.14. The van der Waals surface area contributed by atoms with Crippen molar-refractivity contribution in [3.63, 3.8) is 0 Å². The van der Waals surface area contributed by atoms with E-state index in [1.807, 2.05) is 25.4 Å². The Labute approximate surface area is 170 Å². The fraction of sp³-hybridized carbons (Fsp3) is 0.150. The number of pyridine rings is 2. The molecule has 0 radical (unpaired) electrons. The van der Waals surface area contributed by atoms with Gasteiger partial charge in [0.05, 0.1) is 29.7 Å². The largest absolute Gasteiger partial charge is 0.322 e. The number of allylic oxidation sites excluding steroid dienone is 2. The Kier molecular flexibility index (Phi) is 4.77. The van der Waals surface area contributed by atoms with Gasteiger partial charge in [-0.2, -0.15) is 5.10 Å². The van der Waals surface area contributed by atoms with Crippen LogP contribution in [0.5, 0.6) is 0 Å². The minimum absolute atomic E-state index is 0.0551. The quantitative estimate of drug-likeness (QED) is 0.642. The van der Waals surface area contributed by atoms with Crippen LogP contribution in [0.2, 0.25) is 5.15 Å². The molecule has 6 nitrogen and oxygen atoms in total. The van der Waals surface area contributed by atoms with Gasteiger partial charge in [-0.15, -0.1) is 0 Å². The zero-order chi connectivity index (χ0) is 20.8. The van der Waals surface area contributed by atoms with Crippen LogP contribution in [-0.2, 0) is 12.6 Å². The molecule has 1 aliphatic carbocycles. The molecular weight excluding hydrogens is 398 g/mol. The Hall–Kier alpha value is -2.94. The van der Waals surface area contributed by atoms with Crippen molar-refractivity contribution >= 4 is 17.2 Å². The number of rotatable bonds is 3. The molecule has 0 amide bonds. The molecule has 3 aromatic heterocycles. The predicted octanol–water partition coefficient (Wildman–Crippen LogP) is 2.94. The van der Waals surface area contributed by atoms with Crippen molar-refractivity contribution in [2.45, 2.75) is 11.6 Å². The van der Waals surface area contributed by atoms with E-state index in [2.05, 4.69) is 15.1 Å². The molecule has 0 saturated heterocycles. The number of nitrogens with two attached hydrogens (primary N) is 2. The van der Waals surface area contributed by atoms with E-state index >= 15 is 0 Å². The highest BCUT2D eigenvalue weighted by molar-refractivity contribution is 6.29. The second-order valence-corrected chi connectivity index (χ2v) is 7.25. The number of hydrogen-bond donors (Lipinski definition) is 2. The van der Waals surface area contributed by atoms with Gasteiger partial charge >= 0.3 is 0 Å². The molecule has 3 aromatic rings. The normalized spacial score (nSPS) is 21.3. The summed E-state index contributed by atoms with van der Waals surface area (Å²) in [6.07, 6.45) is 9.91. The molecule has 0 spiro atoms. The zero-order valence-corrected chi connectivity index (χ0v) is 16.1. The van der Waals surface area contributed by atoms with Crippen LogP contribution in [0.4, 0.5) is 8.78 Å². The van der Waals surface area contributed by atoms with Crippen LogP contribution >= 0.6 is 11.6 Å². The van der Waals surface area contributed by atoms with Crippen molar-refractivity contribution in [2.75, 3.05) is 0 Å². The summed E-state index contributed by atoms with van der Waals surface area (Å²) >= 11 is 6.16. The number of aromatic nitrogens is 4. The summed E-state index contributed by atoms with van der Waals surface area (Å²) in [6, 6.07) is 3.12. The van der Waals surface area contributed by atoms with Gasteiger partial charge in [0.1, 0.15) is 16.7 Å². The van der Waals surface area contributed by atoms with E-state index < -0.39 is 23.2 Å². The standard InChI is InChI=1S/C20H17ClF2N6/c1-29-10-13(8-27-29)11-2-3-20(25,16(24)4-11)17-5-12(6-18(21)28-17)19-15(23)7-14(22)9-26-19/h2-10,16H,24-25H2,1H3. The molecule has 2 atom stereocenters. The summed E-state index contributed by atoms with van der Waals surface area (Å²) in [5, 5.41) is 4.25. The number of halogens is 3. The third-order valence-electron chi connectivity index (χ3n) is 4.81. The van der Waals surface area contributed by atoms with E-state index in [-0.39, 0.29) is 10.8 Å². The first-order valence-corrected chi connectivity index (χ1v) is 9.08. The van der Waals surface area contributed by atoms with Crippen LogP contribution in [0.1, 0.15) is 11.3 Å². The van der Waals surface area contributed by atoms with Crippen LogP contribution in [0.25, 0.3) is 16.8 Å². The summed E-state index contributed by atoms with van der Waals surface area (Å²) < 4.78 is 29.1. The third-order valence-corrected chi connectivity index (χ3v) is 5.00. The SMILES string of the molecule is Cn1cc(C2=CC(N)C(N)(c3cc(-c4ncc(F)cc4F)cc(Cl)n3)C=C2)cn1. The molecule has 4 rings (SSSR count). The van der Waals surface area contributed by atoms with Gasteiger partial charge in [0.15, 0.2) is 5.82 Å². The fourth-order valence-corrected chi connectivity index (χ4v) is 3.44. The molecule has 0 aliphatic heterocycles. The first kappa shape index (κ1) is 19.4. The van der Waals surface area contributed by atoms with Crippen LogP contribution in [0.15, 0.2) is 55.0 Å². The molecular formula is C20H17ClF2N6. The molecule has 2 unspecified atom stereocenters. The fourth-order valence-electron chi connectivity index (χ4n) is 3.23. The number of nitrogens with zero attached hydrogens (tertiary/aromatic N) is 4. The van der Waals surface area contributed by atoms with E-state index in [4.69, 9.17) is 23.1 Å². The molecule has 3 heterocycles. The minimum Gasteiger partial charge on any atom is -0.322 e. The van der Waals surface area contributed by atoms with Crippen molar-refractivity contribution in [1.82, 2.24) is 19.7 Å². The van der Waals surface area contributed by atoms with E-state index in [0.29, 0.717) is 11.3 Å². The van der Waals surface area contributed by atoms with Crippen LogP contribution in [0, 0.1) is 11.6 Å². The Bertz CT molecular complexity index is 1160. The molecule has 0 aromatic carbocycles. The zero-order valence-electron chi connectivity index (χ0n) is 15.4. The van der Waals surface area contributed by atoms with Gasteiger partial charge in [0.2, 0.25) is 0 Å². The first-order chi connectivity index (χ1) is 13.8. The molecule has 148 valence electrons. The average Bonchev–Trinajstić information content (AvgIpc) is 3.10. The van der Waals surface area contributed by atoms with E-state index in [1.165, 1.54) is 6.07 Å². The summed E-state index contributed by atoms with van der Waals surface area (Å²) in [5.41, 5.74) is 14.2. The monoisotopic (exact) mass is 414 g/mol. The topological polar surface area (TPSA) is 95.6 Å². The Balaban J connectivity index is 1.74. The summed E-state index contributed by atoms with van der Waals surface area (Å²) in [4.78, 5) is 8.12. The Morgan fingerprint density at radius 3 is 2.62 bits per heavy atom. The first-order valence-electron chi connectivity index (χ1n) is 8.70. The van der Waals surface area contributed by atoms with Gasteiger partial charge in [0, 0.05) is 30.4 Å². The molecule has 4 N–H and O–H groups in total. The number of aryl methyl sites for hydroxylation is 1. The summed E-state index contributed by atoms with van der Waals surface area (Å²) in [6.45, 7) is 0. The summed E-state index contributed by atoms with van der Waals surface area (Å²) in [7, 11) is 1.82. The predicted molar refractivity (Wildman–Crippen MR) is 107 cm³/mol. The van der Waals surface area contributed by atoms with Gasteiger partial charge in [-0.05, 0) is 17.7 Å². The van der Waals surface area contributed by atoms with Crippen LogP contribution in [0.3, 0.4) is 0 Å². The number of hydrogen-bond acceptors (Lipinski definition) is 5. The lowest BCUT2D eigenvalue weighted by Gasteiger charge is -2.33. The lowest BCUT2D eigenvalue weighted by molar-refractivity contribution is 0.480. The van der Waals surface area contributed by atoms with Crippen molar-refractivity contribution in [3.8, 4) is 11.3 Å². The smallest absolute Gasteiger partial charge is 0.152 e. The van der Waals surface area contributed by atoms with E-state index in [1.54, 1.807) is 23.0 Å². The maximum atomic E-state index is 14.2. The van der Waals surface area contributed by atoms with E-state index in [0.717, 1.165) is 23.4 Å². The van der Waals surface area contributed by atoms with Crippen molar-refractivity contribution in [3.05, 3.63) is 83.1 Å². The maximum Gasteiger partial charge on any atom is 0.152 e. The van der Waals surface area contributed by atoms with E-state index in [9.17, 15) is 8.78 Å². The average molecular weight is 415 g/mol. The molecule has 29 heavy (non-hydrogen) atoms. The van der Waals surface area contributed by atoms with Crippen molar-refractivity contribution < 1.29 is 8.78 Å². The van der Waals surface area contributed by atoms with Crippen molar-refractivity contribution in [2.24, 2.45) is 18.5 Å². The van der Waals surface area contributed by atoms with Gasteiger partial charge in [-0.3, -0.25) is 9.67 Å². The molecule has 0 fully saturated rings. The highest BCUT2D eigenvalue weighted by atomic mass is 35.5. The molecule has 0 bridgehead atoms. The highest BCUT2D eigenvalue weighted by Crippen LogP contribution is 2.34. The summed E-state index contributed by atoms with van der Waals surface area (Å²) in [5.74, 6) is -1.58. The van der Waals surface area contributed by atoms with Gasteiger partial charge < -0.3 is 11.5 Å². The molecule has 9 heteroatoms. The highest BCUT2D eigenvalue weighted by Gasteiger charge is 2.35. The minimum atomic E-state index is -1.18. The van der Waals surface area contributed by atoms with Gasteiger partial charge in [-0.25, -0.2) is 13.8 Å². The molecule has 0 saturated carbocycles.